The number of nitrogens with zero attached hydrogens (tertiary/aromatic N) is 2. The molecule has 1 aromatic heterocycles. The number of carbonyl (C=O) groups is 1. The molecule has 3 nitrogen and oxygen atoms in total. The smallest absolute Gasteiger partial charge is 0.292 e. The summed E-state index contributed by atoms with van der Waals surface area (Å²) in [5, 5.41) is 0. The van der Waals surface area contributed by atoms with Crippen LogP contribution in [0.25, 0.3) is 5.69 Å². The molecule has 1 amide bonds. The van der Waals surface area contributed by atoms with Gasteiger partial charge < -0.3 is 0 Å². The number of carbonyl (C=O) groups excluding carboxylic acids is 1. The Balaban J connectivity index is 2.63. The van der Waals surface area contributed by atoms with Gasteiger partial charge in [0.1, 0.15) is 5.82 Å². The minimum atomic E-state index is -4.91. The fourth-order valence-electron chi connectivity index (χ4n) is 1.74. The first kappa shape index (κ1) is 17.3. The van der Waals surface area contributed by atoms with Crippen molar-refractivity contribution in [3.63, 3.8) is 0 Å². The number of aromatic nitrogens is 1. The third-order valence-electron chi connectivity index (χ3n) is 2.70. The van der Waals surface area contributed by atoms with Crippen molar-refractivity contribution >= 4 is 17.2 Å². The molecule has 10 heteroatoms. The lowest BCUT2D eigenvalue weighted by atomic mass is 10.2. The van der Waals surface area contributed by atoms with E-state index >= 15 is 0 Å². The molecule has 23 heavy (non-hydrogen) atoms. The molecule has 0 bridgehead atoms. The van der Waals surface area contributed by atoms with Crippen molar-refractivity contribution in [2.75, 3.05) is 0 Å². The van der Waals surface area contributed by atoms with Crippen LogP contribution < -0.4 is 4.80 Å². The maximum Gasteiger partial charge on any atom is 0.419 e. The quantitative estimate of drug-likeness (QED) is 0.758. The van der Waals surface area contributed by atoms with Crippen LogP contribution in [0, 0.1) is 12.7 Å². The SMILES string of the molecule is Cc1cn(-c2ccc(F)c(C(F)(F)F)c2)c(=NC(=O)C(F)F)s1. The Morgan fingerprint density at radius 1 is 1.30 bits per heavy atom. The average molecular weight is 354 g/mol. The normalized spacial score (nSPS) is 13.0. The van der Waals surface area contributed by atoms with Crippen LogP contribution in [0.3, 0.4) is 0 Å². The lowest BCUT2D eigenvalue weighted by Gasteiger charge is -2.10. The Morgan fingerprint density at radius 3 is 2.52 bits per heavy atom. The number of thiazole rings is 1. The minimum Gasteiger partial charge on any atom is -0.292 e. The molecule has 0 aliphatic heterocycles. The molecule has 124 valence electrons. The molecule has 0 aliphatic rings. The van der Waals surface area contributed by atoms with Gasteiger partial charge in [-0.05, 0) is 25.1 Å². The van der Waals surface area contributed by atoms with Gasteiger partial charge in [0, 0.05) is 16.8 Å². The fraction of sp³-hybridized carbons (Fsp3) is 0.231. The van der Waals surface area contributed by atoms with E-state index in [1.54, 1.807) is 6.92 Å². The zero-order valence-corrected chi connectivity index (χ0v) is 12.2. The Bertz CT molecular complexity index is 806. The van der Waals surface area contributed by atoms with E-state index < -0.39 is 29.9 Å². The molecule has 0 N–H and O–H groups in total. The predicted molar refractivity (Wildman–Crippen MR) is 69.9 cm³/mol. The van der Waals surface area contributed by atoms with Gasteiger partial charge in [-0.25, -0.2) is 4.39 Å². The highest BCUT2D eigenvalue weighted by Gasteiger charge is 2.34. The number of amides is 1. The molecular weight excluding hydrogens is 346 g/mol. The summed E-state index contributed by atoms with van der Waals surface area (Å²) in [6, 6.07) is 2.16. The van der Waals surface area contributed by atoms with E-state index in [4.69, 9.17) is 0 Å². The van der Waals surface area contributed by atoms with Crippen LogP contribution in [0.2, 0.25) is 0 Å². The van der Waals surface area contributed by atoms with E-state index in [0.717, 1.165) is 22.0 Å². The number of hydrogen-bond acceptors (Lipinski definition) is 2. The van der Waals surface area contributed by atoms with Crippen molar-refractivity contribution in [1.82, 2.24) is 4.57 Å². The maximum atomic E-state index is 13.3. The Morgan fingerprint density at radius 2 is 1.96 bits per heavy atom. The first-order valence-electron chi connectivity index (χ1n) is 6.02. The molecule has 0 aliphatic carbocycles. The summed E-state index contributed by atoms with van der Waals surface area (Å²) < 4.78 is 77.1. The van der Waals surface area contributed by atoms with Crippen molar-refractivity contribution in [3.8, 4) is 5.69 Å². The van der Waals surface area contributed by atoms with Gasteiger partial charge in [0.05, 0.1) is 5.56 Å². The molecule has 0 radical (unpaired) electrons. The average Bonchev–Trinajstić information content (AvgIpc) is 2.78. The molecule has 0 saturated carbocycles. The van der Waals surface area contributed by atoms with Crippen LogP contribution in [-0.2, 0) is 11.0 Å². The molecule has 0 spiro atoms. The number of rotatable bonds is 2. The monoisotopic (exact) mass is 354 g/mol. The summed E-state index contributed by atoms with van der Waals surface area (Å²) in [6.07, 6.45) is -6.93. The third-order valence-corrected chi connectivity index (χ3v) is 3.59. The zero-order valence-electron chi connectivity index (χ0n) is 11.4. The van der Waals surface area contributed by atoms with Gasteiger partial charge in [-0.1, -0.05) is 0 Å². The highest BCUT2D eigenvalue weighted by molar-refractivity contribution is 7.09. The van der Waals surface area contributed by atoms with Gasteiger partial charge in [-0.2, -0.15) is 26.9 Å². The number of aryl methyl sites for hydroxylation is 1. The second-order valence-corrected chi connectivity index (χ2v) is 5.62. The summed E-state index contributed by atoms with van der Waals surface area (Å²) in [6.45, 7) is 1.56. The number of hydrogen-bond donors (Lipinski definition) is 0. The van der Waals surface area contributed by atoms with E-state index in [-0.39, 0.29) is 10.5 Å². The third kappa shape index (κ3) is 3.81. The highest BCUT2D eigenvalue weighted by Crippen LogP contribution is 2.32. The molecule has 2 aromatic rings. The highest BCUT2D eigenvalue weighted by atomic mass is 32.1. The number of alkyl halides is 5. The van der Waals surface area contributed by atoms with E-state index in [1.165, 1.54) is 6.20 Å². The summed E-state index contributed by atoms with van der Waals surface area (Å²) in [4.78, 5) is 14.5. The van der Waals surface area contributed by atoms with Crippen molar-refractivity contribution in [3.05, 3.63) is 45.5 Å². The van der Waals surface area contributed by atoms with Crippen LogP contribution in [0.15, 0.2) is 29.4 Å². The van der Waals surface area contributed by atoms with Gasteiger partial charge in [0.15, 0.2) is 4.80 Å². The standard InChI is InChI=1S/C13H8F6N2OS/c1-6-5-21(12(23-6)20-11(22)10(15)16)7-2-3-9(14)8(4-7)13(17,18)19/h2-5,10H,1H3. The van der Waals surface area contributed by atoms with Crippen LogP contribution in [0.4, 0.5) is 26.3 Å². The topological polar surface area (TPSA) is 34.4 Å². The van der Waals surface area contributed by atoms with E-state index in [2.05, 4.69) is 4.99 Å². The summed E-state index contributed by atoms with van der Waals surface area (Å²) in [7, 11) is 0. The molecule has 2 rings (SSSR count). The number of benzene rings is 1. The summed E-state index contributed by atoms with van der Waals surface area (Å²) in [5.41, 5.74) is -1.65. The maximum absolute atomic E-state index is 13.3. The lowest BCUT2D eigenvalue weighted by Crippen LogP contribution is -2.18. The van der Waals surface area contributed by atoms with Crippen LogP contribution in [0.1, 0.15) is 10.4 Å². The fourth-order valence-corrected chi connectivity index (χ4v) is 2.58. The zero-order chi connectivity index (χ0) is 17.4. The first-order valence-corrected chi connectivity index (χ1v) is 6.84. The molecule has 0 unspecified atom stereocenters. The molecule has 0 atom stereocenters. The number of halogens is 6. The van der Waals surface area contributed by atoms with E-state index in [9.17, 15) is 31.1 Å². The van der Waals surface area contributed by atoms with Gasteiger partial charge in [-0.15, -0.1) is 11.3 Å². The molecule has 0 fully saturated rings. The van der Waals surface area contributed by atoms with Crippen molar-refractivity contribution < 1.29 is 31.1 Å². The Kier molecular flexibility index (Phi) is 4.64. The largest absolute Gasteiger partial charge is 0.419 e. The van der Waals surface area contributed by atoms with Gasteiger partial charge in [0.25, 0.3) is 0 Å². The Hall–Kier alpha value is -2.10. The molecular formula is C13H8F6N2OS. The molecule has 0 saturated heterocycles. The first-order chi connectivity index (χ1) is 10.6. The summed E-state index contributed by atoms with van der Waals surface area (Å²) in [5.74, 6) is -3.17. The van der Waals surface area contributed by atoms with Gasteiger partial charge >= 0.3 is 18.5 Å². The summed E-state index contributed by atoms with van der Waals surface area (Å²) >= 11 is 0.840. The van der Waals surface area contributed by atoms with Crippen LogP contribution >= 0.6 is 11.3 Å². The van der Waals surface area contributed by atoms with Gasteiger partial charge in [0.2, 0.25) is 0 Å². The Labute approximate surface area is 129 Å². The lowest BCUT2D eigenvalue weighted by molar-refractivity contribution is -0.140. The van der Waals surface area contributed by atoms with Crippen LogP contribution in [0.5, 0.6) is 0 Å². The van der Waals surface area contributed by atoms with Crippen molar-refractivity contribution in [1.29, 1.82) is 0 Å². The minimum absolute atomic E-state index is 0.149. The van der Waals surface area contributed by atoms with Gasteiger partial charge in [-0.3, -0.25) is 9.36 Å². The van der Waals surface area contributed by atoms with E-state index in [0.29, 0.717) is 17.0 Å². The predicted octanol–water partition coefficient (Wildman–Crippen LogP) is 3.70. The van der Waals surface area contributed by atoms with Crippen LogP contribution in [-0.4, -0.2) is 16.9 Å². The van der Waals surface area contributed by atoms with Crippen molar-refractivity contribution in [2.24, 2.45) is 4.99 Å². The molecule has 1 aromatic carbocycles. The second kappa shape index (κ2) is 6.19. The molecule has 1 heterocycles. The van der Waals surface area contributed by atoms with E-state index in [1.807, 2.05) is 0 Å². The van der Waals surface area contributed by atoms with Crippen molar-refractivity contribution in [2.45, 2.75) is 19.5 Å². The second-order valence-electron chi connectivity index (χ2n) is 4.41.